The van der Waals surface area contributed by atoms with Gasteiger partial charge in [-0.15, -0.1) is 0 Å². The Kier molecular flexibility index (Phi) is 5.54. The third kappa shape index (κ3) is 3.80. The fourth-order valence-corrected chi connectivity index (χ4v) is 2.09. The van der Waals surface area contributed by atoms with E-state index in [0.717, 1.165) is 30.0 Å². The van der Waals surface area contributed by atoms with Crippen molar-refractivity contribution in [2.75, 3.05) is 13.7 Å². The minimum atomic E-state index is -0.387. The zero-order chi connectivity index (χ0) is 14.6. The van der Waals surface area contributed by atoms with Crippen LogP contribution in [0.5, 0.6) is 0 Å². The maximum absolute atomic E-state index is 11.6. The van der Waals surface area contributed by atoms with Crippen LogP contribution in [-0.4, -0.2) is 29.4 Å². The molecule has 1 unspecified atom stereocenters. The van der Waals surface area contributed by atoms with E-state index >= 15 is 0 Å². The number of hydrogen-bond donors (Lipinski definition) is 1. The lowest BCUT2D eigenvalue weighted by Crippen LogP contribution is -2.21. The highest BCUT2D eigenvalue weighted by Crippen LogP contribution is 2.18. The standard InChI is InChI=1S/C14H25N3O2/c1-9(2)7-15-8-13-10(3)16-17(11(13)4)12(5)14(18)19-6/h9,12,15H,7-8H2,1-6H3. The van der Waals surface area contributed by atoms with Crippen LogP contribution in [0.1, 0.15) is 43.8 Å². The molecule has 5 heteroatoms. The number of esters is 1. The smallest absolute Gasteiger partial charge is 0.330 e. The fourth-order valence-electron chi connectivity index (χ4n) is 2.09. The molecule has 19 heavy (non-hydrogen) atoms. The summed E-state index contributed by atoms with van der Waals surface area (Å²) in [4.78, 5) is 11.6. The lowest BCUT2D eigenvalue weighted by atomic mass is 10.1. The van der Waals surface area contributed by atoms with E-state index in [9.17, 15) is 4.79 Å². The minimum Gasteiger partial charge on any atom is -0.467 e. The van der Waals surface area contributed by atoms with Crippen molar-refractivity contribution in [3.63, 3.8) is 0 Å². The number of rotatable bonds is 6. The molecular formula is C14H25N3O2. The molecule has 0 amide bonds. The van der Waals surface area contributed by atoms with E-state index in [1.54, 1.807) is 11.6 Å². The summed E-state index contributed by atoms with van der Waals surface area (Å²) in [5.74, 6) is 0.344. The van der Waals surface area contributed by atoms with Crippen molar-refractivity contribution in [2.24, 2.45) is 5.92 Å². The van der Waals surface area contributed by atoms with Gasteiger partial charge >= 0.3 is 5.97 Å². The molecule has 108 valence electrons. The van der Waals surface area contributed by atoms with Gasteiger partial charge in [-0.2, -0.15) is 5.10 Å². The molecule has 0 aliphatic carbocycles. The molecule has 0 saturated carbocycles. The first-order valence-corrected chi connectivity index (χ1v) is 6.71. The van der Waals surface area contributed by atoms with Crippen molar-refractivity contribution in [2.45, 2.75) is 47.2 Å². The molecule has 5 nitrogen and oxygen atoms in total. The van der Waals surface area contributed by atoms with Crippen molar-refractivity contribution >= 4 is 5.97 Å². The van der Waals surface area contributed by atoms with Gasteiger partial charge < -0.3 is 10.1 Å². The molecule has 0 fully saturated rings. The van der Waals surface area contributed by atoms with E-state index in [0.29, 0.717) is 5.92 Å². The molecule has 1 rings (SSSR count). The van der Waals surface area contributed by atoms with Crippen LogP contribution in [0.3, 0.4) is 0 Å². The Bertz CT molecular complexity index is 438. The third-order valence-corrected chi connectivity index (χ3v) is 3.24. The largest absolute Gasteiger partial charge is 0.467 e. The number of hydrogen-bond acceptors (Lipinski definition) is 4. The average molecular weight is 267 g/mol. The van der Waals surface area contributed by atoms with Gasteiger partial charge in [0.1, 0.15) is 6.04 Å². The first-order valence-electron chi connectivity index (χ1n) is 6.71. The normalized spacial score (nSPS) is 12.8. The van der Waals surface area contributed by atoms with Crippen molar-refractivity contribution in [3.05, 3.63) is 17.0 Å². The van der Waals surface area contributed by atoms with Crippen molar-refractivity contribution in [1.29, 1.82) is 0 Å². The molecular weight excluding hydrogens is 242 g/mol. The highest BCUT2D eigenvalue weighted by Gasteiger charge is 2.21. The maximum Gasteiger partial charge on any atom is 0.330 e. The van der Waals surface area contributed by atoms with Crippen LogP contribution in [0, 0.1) is 19.8 Å². The number of carbonyl (C=O) groups is 1. The summed E-state index contributed by atoms with van der Waals surface area (Å²) >= 11 is 0. The van der Waals surface area contributed by atoms with Gasteiger partial charge in [0, 0.05) is 17.8 Å². The lowest BCUT2D eigenvalue weighted by molar-refractivity contribution is -0.144. The van der Waals surface area contributed by atoms with Crippen molar-refractivity contribution in [1.82, 2.24) is 15.1 Å². The van der Waals surface area contributed by atoms with Gasteiger partial charge in [0.15, 0.2) is 0 Å². The summed E-state index contributed by atoms with van der Waals surface area (Å²) in [5.41, 5.74) is 3.15. The Morgan fingerprint density at radius 3 is 2.53 bits per heavy atom. The van der Waals surface area contributed by atoms with Gasteiger partial charge in [0.2, 0.25) is 0 Å². The average Bonchev–Trinajstić information content (AvgIpc) is 2.64. The van der Waals surface area contributed by atoms with Crippen LogP contribution in [0.25, 0.3) is 0 Å². The van der Waals surface area contributed by atoms with Gasteiger partial charge in [-0.1, -0.05) is 13.8 Å². The molecule has 1 atom stereocenters. The molecule has 0 radical (unpaired) electrons. The zero-order valence-electron chi connectivity index (χ0n) is 12.8. The third-order valence-electron chi connectivity index (χ3n) is 3.24. The van der Waals surface area contributed by atoms with E-state index in [2.05, 4.69) is 24.3 Å². The van der Waals surface area contributed by atoms with Gasteiger partial charge in [0.25, 0.3) is 0 Å². The van der Waals surface area contributed by atoms with Crippen LogP contribution >= 0.6 is 0 Å². The second-order valence-electron chi connectivity index (χ2n) is 5.32. The van der Waals surface area contributed by atoms with E-state index in [-0.39, 0.29) is 12.0 Å². The van der Waals surface area contributed by atoms with E-state index in [4.69, 9.17) is 4.74 Å². The lowest BCUT2D eigenvalue weighted by Gasteiger charge is -2.12. The number of aryl methyl sites for hydroxylation is 1. The second-order valence-corrected chi connectivity index (χ2v) is 5.32. The first kappa shape index (κ1) is 15.7. The summed E-state index contributed by atoms with van der Waals surface area (Å²) in [6, 6.07) is -0.387. The summed E-state index contributed by atoms with van der Waals surface area (Å²) < 4.78 is 6.51. The molecule has 0 spiro atoms. The minimum absolute atomic E-state index is 0.271. The van der Waals surface area contributed by atoms with Gasteiger partial charge in [0.05, 0.1) is 12.8 Å². The summed E-state index contributed by atoms with van der Waals surface area (Å²) in [7, 11) is 1.40. The molecule has 1 heterocycles. The quantitative estimate of drug-likeness (QED) is 0.801. The summed E-state index contributed by atoms with van der Waals surface area (Å²) in [6.45, 7) is 11.9. The fraction of sp³-hybridized carbons (Fsp3) is 0.714. The molecule has 0 saturated heterocycles. The Morgan fingerprint density at radius 1 is 1.37 bits per heavy atom. The van der Waals surface area contributed by atoms with Gasteiger partial charge in [-0.05, 0) is 33.2 Å². The Labute approximate surface area is 115 Å². The Balaban J connectivity index is 2.85. The van der Waals surface area contributed by atoms with Crippen molar-refractivity contribution < 1.29 is 9.53 Å². The molecule has 0 bridgehead atoms. The highest BCUT2D eigenvalue weighted by atomic mass is 16.5. The Morgan fingerprint density at radius 2 is 2.00 bits per heavy atom. The zero-order valence-corrected chi connectivity index (χ0v) is 12.8. The van der Waals surface area contributed by atoms with Crippen LogP contribution in [-0.2, 0) is 16.1 Å². The SMILES string of the molecule is COC(=O)C(C)n1nc(C)c(CNCC(C)C)c1C. The predicted molar refractivity (Wildman–Crippen MR) is 75.0 cm³/mol. The highest BCUT2D eigenvalue weighted by molar-refractivity contribution is 5.73. The number of aromatic nitrogens is 2. The van der Waals surface area contributed by atoms with Gasteiger partial charge in [-0.3, -0.25) is 4.68 Å². The molecule has 0 aliphatic heterocycles. The molecule has 1 N–H and O–H groups in total. The second kappa shape index (κ2) is 6.70. The molecule has 0 aromatic carbocycles. The molecule has 1 aromatic heterocycles. The van der Waals surface area contributed by atoms with E-state index in [1.807, 2.05) is 13.8 Å². The monoisotopic (exact) mass is 267 g/mol. The van der Waals surface area contributed by atoms with E-state index in [1.165, 1.54) is 7.11 Å². The topological polar surface area (TPSA) is 56.2 Å². The number of nitrogens with one attached hydrogen (secondary N) is 1. The maximum atomic E-state index is 11.6. The van der Waals surface area contributed by atoms with Crippen LogP contribution < -0.4 is 5.32 Å². The van der Waals surface area contributed by atoms with Crippen molar-refractivity contribution in [3.8, 4) is 0 Å². The summed E-state index contributed by atoms with van der Waals surface area (Å²) in [6.07, 6.45) is 0. The van der Waals surface area contributed by atoms with Crippen LogP contribution in [0.4, 0.5) is 0 Å². The molecule has 1 aromatic rings. The summed E-state index contributed by atoms with van der Waals surface area (Å²) in [5, 5.41) is 7.86. The number of ether oxygens (including phenoxy) is 1. The number of nitrogens with zero attached hydrogens (tertiary/aromatic N) is 2. The Hall–Kier alpha value is -1.36. The van der Waals surface area contributed by atoms with Crippen LogP contribution in [0.2, 0.25) is 0 Å². The predicted octanol–water partition coefficient (Wildman–Crippen LogP) is 1.98. The number of carbonyl (C=O) groups excluding carboxylic acids is 1. The molecule has 0 aliphatic rings. The number of methoxy groups -OCH3 is 1. The van der Waals surface area contributed by atoms with Crippen LogP contribution in [0.15, 0.2) is 0 Å². The first-order chi connectivity index (χ1) is 8.88. The van der Waals surface area contributed by atoms with Gasteiger partial charge in [-0.25, -0.2) is 4.79 Å². The van der Waals surface area contributed by atoms with E-state index < -0.39 is 0 Å².